The van der Waals surface area contributed by atoms with Crippen LogP contribution in [0.3, 0.4) is 0 Å². The van der Waals surface area contributed by atoms with Crippen LogP contribution in [-0.4, -0.2) is 24.7 Å². The number of nitrogens with two attached hydrogens (primary N) is 1. The Morgan fingerprint density at radius 3 is 2.80 bits per heavy atom. The van der Waals surface area contributed by atoms with Crippen molar-refractivity contribution in [3.8, 4) is 0 Å². The highest BCUT2D eigenvalue weighted by Gasteiger charge is 2.29. The first-order valence-electron chi connectivity index (χ1n) is 6.92. The number of rotatable bonds is 3. The van der Waals surface area contributed by atoms with Gasteiger partial charge in [0, 0.05) is 17.6 Å². The summed E-state index contributed by atoms with van der Waals surface area (Å²) in [7, 11) is 0. The smallest absolute Gasteiger partial charge is 0.253 e. The molecule has 2 atom stereocenters. The molecular formula is C16H18N2O2. The number of nitrogens with one attached hydrogen (secondary N) is 1. The van der Waals surface area contributed by atoms with E-state index in [9.17, 15) is 4.79 Å². The standard InChI is InChI=1S/C16H18N2O2/c17-10-12-8-9-15(20-12)16(19)18-14-7-3-5-11-4-1-2-6-13(11)14/h1-7,12,15H,8-10,17H2,(H,18,19). The molecule has 0 saturated carbocycles. The molecule has 1 amide bonds. The van der Waals surface area contributed by atoms with Gasteiger partial charge in [0.05, 0.1) is 6.10 Å². The number of carbonyl (C=O) groups is 1. The Labute approximate surface area is 117 Å². The van der Waals surface area contributed by atoms with E-state index in [0.717, 1.165) is 29.3 Å². The van der Waals surface area contributed by atoms with Gasteiger partial charge in [-0.25, -0.2) is 0 Å². The Morgan fingerprint density at radius 1 is 1.20 bits per heavy atom. The van der Waals surface area contributed by atoms with E-state index in [2.05, 4.69) is 5.32 Å². The van der Waals surface area contributed by atoms with Gasteiger partial charge in [-0.3, -0.25) is 4.79 Å². The molecule has 4 nitrogen and oxygen atoms in total. The predicted octanol–water partition coefficient (Wildman–Crippen LogP) is 2.28. The maximum absolute atomic E-state index is 12.2. The molecule has 1 aliphatic heterocycles. The van der Waals surface area contributed by atoms with Crippen LogP contribution in [-0.2, 0) is 9.53 Å². The number of amides is 1. The summed E-state index contributed by atoms with van der Waals surface area (Å²) in [4.78, 5) is 12.2. The van der Waals surface area contributed by atoms with Gasteiger partial charge in [-0.2, -0.15) is 0 Å². The van der Waals surface area contributed by atoms with Gasteiger partial charge in [-0.05, 0) is 24.3 Å². The monoisotopic (exact) mass is 270 g/mol. The topological polar surface area (TPSA) is 64.4 Å². The van der Waals surface area contributed by atoms with E-state index in [1.807, 2.05) is 42.5 Å². The first kappa shape index (κ1) is 13.1. The van der Waals surface area contributed by atoms with Crippen LogP contribution in [0.15, 0.2) is 42.5 Å². The molecule has 1 heterocycles. The van der Waals surface area contributed by atoms with Crippen LogP contribution < -0.4 is 11.1 Å². The number of fused-ring (bicyclic) bond motifs is 1. The SMILES string of the molecule is NCC1CCC(C(=O)Nc2cccc3ccccc23)O1. The van der Waals surface area contributed by atoms with Gasteiger partial charge >= 0.3 is 0 Å². The molecule has 2 aromatic carbocycles. The van der Waals surface area contributed by atoms with Gasteiger partial charge in [0.15, 0.2) is 0 Å². The zero-order valence-corrected chi connectivity index (χ0v) is 11.2. The van der Waals surface area contributed by atoms with Crippen molar-refractivity contribution in [1.82, 2.24) is 0 Å². The van der Waals surface area contributed by atoms with Crippen LogP contribution in [0.5, 0.6) is 0 Å². The Kier molecular flexibility index (Phi) is 3.67. The average Bonchev–Trinajstić information content (AvgIpc) is 2.97. The zero-order valence-electron chi connectivity index (χ0n) is 11.2. The number of hydrogen-bond acceptors (Lipinski definition) is 3. The van der Waals surface area contributed by atoms with Crippen molar-refractivity contribution in [2.75, 3.05) is 11.9 Å². The van der Waals surface area contributed by atoms with Gasteiger partial charge < -0.3 is 15.8 Å². The van der Waals surface area contributed by atoms with E-state index in [0.29, 0.717) is 6.54 Å². The molecular weight excluding hydrogens is 252 g/mol. The van der Waals surface area contributed by atoms with Crippen LogP contribution in [0.1, 0.15) is 12.8 Å². The maximum atomic E-state index is 12.2. The Bertz CT molecular complexity index is 621. The first-order chi connectivity index (χ1) is 9.78. The number of hydrogen-bond donors (Lipinski definition) is 2. The summed E-state index contributed by atoms with van der Waals surface area (Å²) in [5, 5.41) is 5.11. The van der Waals surface area contributed by atoms with Crippen molar-refractivity contribution >= 4 is 22.4 Å². The summed E-state index contributed by atoms with van der Waals surface area (Å²) < 4.78 is 5.62. The lowest BCUT2D eigenvalue weighted by atomic mass is 10.1. The Hall–Kier alpha value is -1.91. The highest BCUT2D eigenvalue weighted by Crippen LogP contribution is 2.25. The van der Waals surface area contributed by atoms with Crippen molar-refractivity contribution in [1.29, 1.82) is 0 Å². The molecule has 0 radical (unpaired) electrons. The molecule has 1 aliphatic rings. The van der Waals surface area contributed by atoms with Crippen molar-refractivity contribution < 1.29 is 9.53 Å². The minimum atomic E-state index is -0.387. The average molecular weight is 270 g/mol. The Balaban J connectivity index is 1.78. The second-order valence-corrected chi connectivity index (χ2v) is 5.08. The van der Waals surface area contributed by atoms with Crippen molar-refractivity contribution in [2.45, 2.75) is 25.0 Å². The zero-order chi connectivity index (χ0) is 13.9. The Morgan fingerprint density at radius 2 is 2.00 bits per heavy atom. The molecule has 1 fully saturated rings. The van der Waals surface area contributed by atoms with E-state index in [-0.39, 0.29) is 18.1 Å². The van der Waals surface area contributed by atoms with Gasteiger partial charge in [-0.1, -0.05) is 36.4 Å². The fraction of sp³-hybridized carbons (Fsp3) is 0.312. The van der Waals surface area contributed by atoms with E-state index >= 15 is 0 Å². The molecule has 0 aromatic heterocycles. The fourth-order valence-electron chi connectivity index (χ4n) is 2.62. The molecule has 1 saturated heterocycles. The summed E-state index contributed by atoms with van der Waals surface area (Å²) in [5.74, 6) is -0.0858. The summed E-state index contributed by atoms with van der Waals surface area (Å²) in [6.07, 6.45) is 1.21. The normalized spacial score (nSPS) is 22.1. The number of benzene rings is 2. The molecule has 2 unspecified atom stereocenters. The van der Waals surface area contributed by atoms with Gasteiger partial charge in [-0.15, -0.1) is 0 Å². The summed E-state index contributed by atoms with van der Waals surface area (Å²) in [6, 6.07) is 13.9. The largest absolute Gasteiger partial charge is 0.364 e. The lowest BCUT2D eigenvalue weighted by Crippen LogP contribution is -2.29. The lowest BCUT2D eigenvalue weighted by molar-refractivity contribution is -0.126. The molecule has 104 valence electrons. The van der Waals surface area contributed by atoms with Gasteiger partial charge in [0.2, 0.25) is 0 Å². The predicted molar refractivity (Wildman–Crippen MR) is 79.5 cm³/mol. The minimum Gasteiger partial charge on any atom is -0.364 e. The lowest BCUT2D eigenvalue weighted by Gasteiger charge is -2.14. The third-order valence-corrected chi connectivity index (χ3v) is 3.71. The first-order valence-corrected chi connectivity index (χ1v) is 6.92. The van der Waals surface area contributed by atoms with Crippen molar-refractivity contribution in [2.24, 2.45) is 5.73 Å². The van der Waals surface area contributed by atoms with E-state index in [1.54, 1.807) is 0 Å². The van der Waals surface area contributed by atoms with Crippen LogP contribution in [0.4, 0.5) is 5.69 Å². The van der Waals surface area contributed by atoms with E-state index in [1.165, 1.54) is 0 Å². The second-order valence-electron chi connectivity index (χ2n) is 5.08. The van der Waals surface area contributed by atoms with Gasteiger partial charge in [0.25, 0.3) is 5.91 Å². The molecule has 0 spiro atoms. The van der Waals surface area contributed by atoms with Crippen molar-refractivity contribution in [3.05, 3.63) is 42.5 Å². The minimum absolute atomic E-state index is 0.0123. The molecule has 3 rings (SSSR count). The fourth-order valence-corrected chi connectivity index (χ4v) is 2.62. The summed E-state index contributed by atoms with van der Waals surface area (Å²) >= 11 is 0. The molecule has 2 aromatic rings. The molecule has 0 aliphatic carbocycles. The third-order valence-electron chi connectivity index (χ3n) is 3.71. The second kappa shape index (κ2) is 5.61. The van der Waals surface area contributed by atoms with E-state index < -0.39 is 0 Å². The highest BCUT2D eigenvalue weighted by atomic mass is 16.5. The maximum Gasteiger partial charge on any atom is 0.253 e. The quantitative estimate of drug-likeness (QED) is 0.899. The van der Waals surface area contributed by atoms with Crippen LogP contribution in [0, 0.1) is 0 Å². The highest BCUT2D eigenvalue weighted by molar-refractivity contribution is 6.03. The third kappa shape index (κ3) is 2.53. The summed E-state index contributed by atoms with van der Waals surface area (Å²) in [6.45, 7) is 0.470. The van der Waals surface area contributed by atoms with E-state index in [4.69, 9.17) is 10.5 Å². The number of anilines is 1. The molecule has 20 heavy (non-hydrogen) atoms. The van der Waals surface area contributed by atoms with Crippen LogP contribution in [0.25, 0.3) is 10.8 Å². The van der Waals surface area contributed by atoms with Crippen LogP contribution >= 0.6 is 0 Å². The summed E-state index contributed by atoms with van der Waals surface area (Å²) in [5.41, 5.74) is 6.39. The molecule has 0 bridgehead atoms. The van der Waals surface area contributed by atoms with Gasteiger partial charge in [0.1, 0.15) is 6.10 Å². The molecule has 4 heteroatoms. The number of ether oxygens (including phenoxy) is 1. The van der Waals surface area contributed by atoms with Crippen molar-refractivity contribution in [3.63, 3.8) is 0 Å². The molecule has 3 N–H and O–H groups in total. The van der Waals surface area contributed by atoms with Crippen LogP contribution in [0.2, 0.25) is 0 Å². The number of carbonyl (C=O) groups excluding carboxylic acids is 1.